The average Bonchev–Trinajstić information content (AvgIpc) is 3.04. The normalized spacial score (nSPS) is 16.1. The van der Waals surface area contributed by atoms with Crippen LogP contribution in [0.3, 0.4) is 0 Å². The lowest BCUT2D eigenvalue weighted by atomic mass is 10.3. The molecule has 6 heteroatoms. The van der Waals surface area contributed by atoms with Gasteiger partial charge in [-0.05, 0) is 25.0 Å². The van der Waals surface area contributed by atoms with Crippen LogP contribution in [0.25, 0.3) is 10.7 Å². The van der Waals surface area contributed by atoms with Crippen molar-refractivity contribution < 1.29 is 9.90 Å². The third-order valence-electron chi connectivity index (χ3n) is 3.15. The first-order chi connectivity index (χ1) is 9.22. The molecular weight excluding hydrogens is 262 g/mol. The van der Waals surface area contributed by atoms with Crippen LogP contribution in [0.4, 0.5) is 0 Å². The van der Waals surface area contributed by atoms with E-state index >= 15 is 0 Å². The molecule has 1 amide bonds. The molecule has 2 aromatic heterocycles. The molecule has 5 nitrogen and oxygen atoms in total. The zero-order valence-corrected chi connectivity index (χ0v) is 11.0. The van der Waals surface area contributed by atoms with Crippen LogP contribution in [0.2, 0.25) is 0 Å². The van der Waals surface area contributed by atoms with Gasteiger partial charge in [0.15, 0.2) is 0 Å². The molecule has 2 N–H and O–H groups in total. The predicted molar refractivity (Wildman–Crippen MR) is 71.9 cm³/mol. The van der Waals surface area contributed by atoms with E-state index in [1.165, 1.54) is 11.3 Å². The molecule has 0 atom stereocenters. The van der Waals surface area contributed by atoms with Gasteiger partial charge in [-0.3, -0.25) is 9.78 Å². The molecule has 1 saturated carbocycles. The summed E-state index contributed by atoms with van der Waals surface area (Å²) in [7, 11) is 0. The van der Waals surface area contributed by atoms with Crippen molar-refractivity contribution in [3.8, 4) is 10.7 Å². The van der Waals surface area contributed by atoms with Crippen LogP contribution in [0.5, 0.6) is 0 Å². The number of aliphatic hydroxyl groups excluding tert-OH is 1. The third-order valence-corrected chi connectivity index (χ3v) is 4.17. The zero-order valence-electron chi connectivity index (χ0n) is 10.2. The molecule has 1 fully saturated rings. The Morgan fingerprint density at radius 3 is 2.89 bits per heavy atom. The number of amides is 1. The summed E-state index contributed by atoms with van der Waals surface area (Å²) < 4.78 is 0. The van der Waals surface area contributed by atoms with Gasteiger partial charge in [0, 0.05) is 6.20 Å². The lowest BCUT2D eigenvalue weighted by Crippen LogP contribution is -2.39. The van der Waals surface area contributed by atoms with E-state index in [9.17, 15) is 9.90 Å². The number of nitrogens with zero attached hydrogens (tertiary/aromatic N) is 2. The van der Waals surface area contributed by atoms with Crippen molar-refractivity contribution in [2.45, 2.75) is 18.4 Å². The number of thiazole rings is 1. The van der Waals surface area contributed by atoms with E-state index < -0.39 is 5.54 Å². The fraction of sp³-hybridized carbons (Fsp3) is 0.308. The number of pyridine rings is 1. The van der Waals surface area contributed by atoms with E-state index in [1.807, 2.05) is 18.2 Å². The summed E-state index contributed by atoms with van der Waals surface area (Å²) in [5.41, 5.74) is 0.363. The molecule has 1 aliphatic carbocycles. The Morgan fingerprint density at radius 2 is 2.26 bits per heavy atom. The van der Waals surface area contributed by atoms with Crippen LogP contribution in [0, 0.1) is 0 Å². The van der Waals surface area contributed by atoms with Crippen LogP contribution in [-0.4, -0.2) is 33.1 Å². The molecule has 2 aromatic rings. The predicted octanol–water partition coefficient (Wildman–Crippen LogP) is 1.46. The van der Waals surface area contributed by atoms with E-state index in [2.05, 4.69) is 15.3 Å². The second-order valence-corrected chi connectivity index (χ2v) is 5.67. The van der Waals surface area contributed by atoms with Crippen molar-refractivity contribution in [1.29, 1.82) is 0 Å². The highest BCUT2D eigenvalue weighted by Gasteiger charge is 2.43. The quantitative estimate of drug-likeness (QED) is 0.886. The second-order valence-electron chi connectivity index (χ2n) is 4.64. The van der Waals surface area contributed by atoms with E-state index in [1.54, 1.807) is 12.4 Å². The minimum absolute atomic E-state index is 0.00928. The molecule has 0 unspecified atom stereocenters. The van der Waals surface area contributed by atoms with E-state index in [0.717, 1.165) is 23.5 Å². The first-order valence-electron chi connectivity index (χ1n) is 6.03. The summed E-state index contributed by atoms with van der Waals surface area (Å²) in [5, 5.41) is 12.8. The Bertz CT molecular complexity index is 593. The van der Waals surface area contributed by atoms with Gasteiger partial charge in [-0.2, -0.15) is 0 Å². The Morgan fingerprint density at radius 1 is 1.42 bits per heavy atom. The maximum absolute atomic E-state index is 12.0. The van der Waals surface area contributed by atoms with Crippen molar-refractivity contribution in [1.82, 2.24) is 15.3 Å². The highest BCUT2D eigenvalue weighted by Crippen LogP contribution is 2.35. The monoisotopic (exact) mass is 275 g/mol. The topological polar surface area (TPSA) is 75.1 Å². The van der Waals surface area contributed by atoms with E-state index in [0.29, 0.717) is 4.88 Å². The van der Waals surface area contributed by atoms with Crippen LogP contribution in [0.15, 0.2) is 30.6 Å². The van der Waals surface area contributed by atoms with Crippen molar-refractivity contribution in [2.24, 2.45) is 0 Å². The molecule has 19 heavy (non-hydrogen) atoms. The maximum Gasteiger partial charge on any atom is 0.263 e. The molecule has 98 valence electrons. The van der Waals surface area contributed by atoms with Crippen molar-refractivity contribution in [3.05, 3.63) is 35.5 Å². The third kappa shape index (κ3) is 2.50. The fourth-order valence-electron chi connectivity index (χ4n) is 1.76. The van der Waals surface area contributed by atoms with Gasteiger partial charge in [-0.25, -0.2) is 4.98 Å². The van der Waals surface area contributed by atoms with Crippen molar-refractivity contribution in [2.75, 3.05) is 6.61 Å². The van der Waals surface area contributed by atoms with Crippen LogP contribution in [0.1, 0.15) is 22.5 Å². The maximum atomic E-state index is 12.0. The van der Waals surface area contributed by atoms with Gasteiger partial charge in [0.1, 0.15) is 9.88 Å². The van der Waals surface area contributed by atoms with Gasteiger partial charge >= 0.3 is 0 Å². The van der Waals surface area contributed by atoms with Crippen LogP contribution in [-0.2, 0) is 0 Å². The number of aromatic nitrogens is 2. The number of rotatable bonds is 4. The fourth-order valence-corrected chi connectivity index (χ4v) is 2.55. The molecule has 0 aliphatic heterocycles. The number of carbonyl (C=O) groups excluding carboxylic acids is 1. The van der Waals surface area contributed by atoms with Gasteiger partial charge in [0.2, 0.25) is 0 Å². The molecule has 0 aromatic carbocycles. The average molecular weight is 275 g/mol. The molecule has 0 spiro atoms. The van der Waals surface area contributed by atoms with Crippen molar-refractivity contribution >= 4 is 17.2 Å². The summed E-state index contributed by atoms with van der Waals surface area (Å²) in [6.07, 6.45) is 4.92. The Labute approximate surface area is 114 Å². The number of hydrogen-bond donors (Lipinski definition) is 2. The van der Waals surface area contributed by atoms with E-state index in [-0.39, 0.29) is 12.5 Å². The van der Waals surface area contributed by atoms with Gasteiger partial charge in [0.25, 0.3) is 5.91 Å². The smallest absolute Gasteiger partial charge is 0.263 e. The van der Waals surface area contributed by atoms with Gasteiger partial charge in [-0.15, -0.1) is 11.3 Å². The minimum Gasteiger partial charge on any atom is -0.394 e. The highest BCUT2D eigenvalue weighted by molar-refractivity contribution is 7.16. The lowest BCUT2D eigenvalue weighted by Gasteiger charge is -2.12. The summed E-state index contributed by atoms with van der Waals surface area (Å²) in [5.74, 6) is -0.175. The summed E-state index contributed by atoms with van der Waals surface area (Å²) >= 11 is 1.31. The molecular formula is C13H13N3O2S. The highest BCUT2D eigenvalue weighted by atomic mass is 32.1. The van der Waals surface area contributed by atoms with Gasteiger partial charge < -0.3 is 10.4 Å². The Balaban J connectivity index is 1.76. The summed E-state index contributed by atoms with van der Waals surface area (Å²) in [6, 6.07) is 5.58. The summed E-state index contributed by atoms with van der Waals surface area (Å²) in [6.45, 7) is -0.00928. The Kier molecular flexibility index (Phi) is 3.04. The van der Waals surface area contributed by atoms with Crippen LogP contribution < -0.4 is 5.32 Å². The first-order valence-corrected chi connectivity index (χ1v) is 6.85. The van der Waals surface area contributed by atoms with Crippen molar-refractivity contribution in [3.63, 3.8) is 0 Å². The molecule has 3 rings (SSSR count). The minimum atomic E-state index is -0.397. The second kappa shape index (κ2) is 4.71. The molecule has 1 aliphatic rings. The first kappa shape index (κ1) is 12.3. The standard InChI is InChI=1S/C13H13N3O2S/c17-8-13(4-5-13)16-11(18)10-7-15-12(19-10)9-3-1-2-6-14-9/h1-3,6-7,17H,4-5,8H2,(H,16,18). The molecule has 2 heterocycles. The number of hydrogen-bond acceptors (Lipinski definition) is 5. The van der Waals surface area contributed by atoms with E-state index in [4.69, 9.17) is 0 Å². The SMILES string of the molecule is O=C(NC1(CO)CC1)c1cnc(-c2ccccn2)s1. The Hall–Kier alpha value is -1.79. The zero-order chi connectivity index (χ0) is 13.3. The number of carbonyl (C=O) groups is 1. The number of nitrogens with one attached hydrogen (secondary N) is 1. The van der Waals surface area contributed by atoms with Gasteiger partial charge in [-0.1, -0.05) is 6.07 Å². The van der Waals surface area contributed by atoms with Crippen LogP contribution >= 0.6 is 11.3 Å². The van der Waals surface area contributed by atoms with Gasteiger partial charge in [0.05, 0.1) is 24.0 Å². The lowest BCUT2D eigenvalue weighted by molar-refractivity contribution is 0.0910. The molecule has 0 bridgehead atoms. The largest absolute Gasteiger partial charge is 0.394 e. The number of aliphatic hydroxyl groups is 1. The summed E-state index contributed by atoms with van der Waals surface area (Å²) in [4.78, 5) is 21.0. The molecule has 0 saturated heterocycles. The molecule has 0 radical (unpaired) electrons.